The van der Waals surface area contributed by atoms with E-state index in [0.29, 0.717) is 16.1 Å². The second-order valence-electron chi connectivity index (χ2n) is 3.70. The third-order valence-corrected chi connectivity index (χ3v) is 2.83. The zero-order valence-corrected chi connectivity index (χ0v) is 10.7. The molecule has 1 aromatic carbocycles. The van der Waals surface area contributed by atoms with Crippen LogP contribution in [0, 0.1) is 5.82 Å². The van der Waals surface area contributed by atoms with Gasteiger partial charge in [0.05, 0.1) is 0 Å². The van der Waals surface area contributed by atoms with Crippen LogP contribution in [0.25, 0.3) is 5.65 Å². The highest BCUT2D eigenvalue weighted by molar-refractivity contribution is 9.10. The van der Waals surface area contributed by atoms with Crippen molar-refractivity contribution in [2.24, 2.45) is 0 Å². The third kappa shape index (κ3) is 2.06. The van der Waals surface area contributed by atoms with Crippen molar-refractivity contribution in [3.05, 3.63) is 53.3 Å². The van der Waals surface area contributed by atoms with E-state index in [0.717, 1.165) is 5.69 Å². The van der Waals surface area contributed by atoms with E-state index in [1.54, 1.807) is 18.3 Å². The Balaban J connectivity index is 2.03. The van der Waals surface area contributed by atoms with Crippen molar-refractivity contribution in [3.8, 4) is 0 Å². The fourth-order valence-corrected chi connectivity index (χ4v) is 2.05. The number of anilines is 2. The van der Waals surface area contributed by atoms with Gasteiger partial charge >= 0.3 is 0 Å². The van der Waals surface area contributed by atoms with Gasteiger partial charge in [0.2, 0.25) is 0 Å². The average molecular weight is 307 g/mol. The molecular formula is C12H8BrFN4. The maximum absolute atomic E-state index is 12.8. The fraction of sp³-hybridized carbons (Fsp3) is 0. The average Bonchev–Trinajstić information content (AvgIpc) is 2.80. The van der Waals surface area contributed by atoms with Crippen molar-refractivity contribution in [2.45, 2.75) is 0 Å². The van der Waals surface area contributed by atoms with Crippen molar-refractivity contribution in [1.29, 1.82) is 0 Å². The van der Waals surface area contributed by atoms with Crippen LogP contribution in [0.1, 0.15) is 0 Å². The number of hydrogen-bond donors (Lipinski definition) is 1. The Morgan fingerprint density at radius 1 is 1.22 bits per heavy atom. The van der Waals surface area contributed by atoms with E-state index in [4.69, 9.17) is 0 Å². The van der Waals surface area contributed by atoms with Crippen molar-refractivity contribution in [2.75, 3.05) is 5.32 Å². The number of imidazole rings is 1. The Morgan fingerprint density at radius 3 is 2.78 bits per heavy atom. The van der Waals surface area contributed by atoms with Crippen molar-refractivity contribution >= 4 is 33.1 Å². The Labute approximate surface area is 111 Å². The number of halogens is 2. The Kier molecular flexibility index (Phi) is 2.71. The molecule has 0 aliphatic rings. The van der Waals surface area contributed by atoms with Crippen LogP contribution < -0.4 is 5.32 Å². The monoisotopic (exact) mass is 306 g/mol. The van der Waals surface area contributed by atoms with E-state index in [2.05, 4.69) is 31.2 Å². The summed E-state index contributed by atoms with van der Waals surface area (Å²) in [4.78, 5) is 8.54. The number of benzene rings is 1. The summed E-state index contributed by atoms with van der Waals surface area (Å²) in [6.07, 6.45) is 5.34. The first kappa shape index (κ1) is 11.2. The number of hydrogen-bond acceptors (Lipinski definition) is 3. The summed E-state index contributed by atoms with van der Waals surface area (Å²) >= 11 is 3.33. The molecule has 2 aromatic heterocycles. The smallest absolute Gasteiger partial charge is 0.180 e. The molecule has 18 heavy (non-hydrogen) atoms. The molecule has 0 saturated carbocycles. The van der Waals surface area contributed by atoms with Gasteiger partial charge in [-0.05, 0) is 40.2 Å². The number of nitrogens with zero attached hydrogens (tertiary/aromatic N) is 3. The van der Waals surface area contributed by atoms with Crippen LogP contribution in [-0.4, -0.2) is 14.4 Å². The molecule has 0 fully saturated rings. The molecule has 4 nitrogen and oxygen atoms in total. The quantitative estimate of drug-likeness (QED) is 0.789. The predicted molar refractivity (Wildman–Crippen MR) is 70.4 cm³/mol. The van der Waals surface area contributed by atoms with Crippen molar-refractivity contribution < 1.29 is 4.39 Å². The number of fused-ring (bicyclic) bond motifs is 1. The third-order valence-electron chi connectivity index (χ3n) is 2.45. The van der Waals surface area contributed by atoms with Gasteiger partial charge in [0.1, 0.15) is 10.4 Å². The molecular weight excluding hydrogens is 299 g/mol. The largest absolute Gasteiger partial charge is 0.337 e. The van der Waals surface area contributed by atoms with E-state index >= 15 is 0 Å². The zero-order chi connectivity index (χ0) is 12.5. The molecule has 0 aliphatic carbocycles. The van der Waals surface area contributed by atoms with Gasteiger partial charge in [0.15, 0.2) is 11.5 Å². The summed E-state index contributed by atoms with van der Waals surface area (Å²) in [7, 11) is 0. The maximum Gasteiger partial charge on any atom is 0.180 e. The minimum absolute atomic E-state index is 0.270. The molecule has 0 atom stereocenters. The molecule has 6 heteroatoms. The topological polar surface area (TPSA) is 42.2 Å². The van der Waals surface area contributed by atoms with Gasteiger partial charge in [-0.25, -0.2) is 14.4 Å². The molecule has 0 unspecified atom stereocenters. The van der Waals surface area contributed by atoms with Crippen LogP contribution in [0.4, 0.5) is 15.9 Å². The molecule has 0 spiro atoms. The molecule has 3 rings (SSSR count). The minimum Gasteiger partial charge on any atom is -0.337 e. The molecule has 1 N–H and O–H groups in total. The summed E-state index contributed by atoms with van der Waals surface area (Å²) in [6, 6.07) is 6.08. The van der Waals surface area contributed by atoms with Crippen LogP contribution in [0.5, 0.6) is 0 Å². The highest BCUT2D eigenvalue weighted by atomic mass is 79.9. The normalized spacial score (nSPS) is 10.8. The molecule has 0 saturated heterocycles. The zero-order valence-electron chi connectivity index (χ0n) is 9.14. The molecule has 2 heterocycles. The summed E-state index contributed by atoms with van der Waals surface area (Å²) in [5.41, 5.74) is 1.47. The van der Waals surface area contributed by atoms with Crippen LogP contribution in [-0.2, 0) is 0 Å². The first-order valence-corrected chi connectivity index (χ1v) is 6.03. The highest BCUT2D eigenvalue weighted by Crippen LogP contribution is 2.21. The van der Waals surface area contributed by atoms with Crippen molar-refractivity contribution in [3.63, 3.8) is 0 Å². The summed E-state index contributed by atoms with van der Waals surface area (Å²) in [6.45, 7) is 0. The molecule has 0 radical (unpaired) electrons. The number of rotatable bonds is 2. The standard InChI is InChI=1S/C12H8BrFN4/c13-10-7-18-6-5-15-12(18)11(17-10)16-9-3-1-8(14)2-4-9/h1-7H,(H,16,17). The van der Waals surface area contributed by atoms with Gasteiger partial charge in [-0.1, -0.05) is 0 Å². The lowest BCUT2D eigenvalue weighted by Gasteiger charge is -2.07. The number of nitrogens with one attached hydrogen (secondary N) is 1. The van der Waals surface area contributed by atoms with Gasteiger partial charge in [-0.2, -0.15) is 0 Å². The predicted octanol–water partition coefficient (Wildman–Crippen LogP) is 3.37. The van der Waals surface area contributed by atoms with Gasteiger partial charge < -0.3 is 9.72 Å². The molecule has 0 amide bonds. The van der Waals surface area contributed by atoms with Crippen LogP contribution in [0.3, 0.4) is 0 Å². The first-order chi connectivity index (χ1) is 8.72. The maximum atomic E-state index is 12.8. The summed E-state index contributed by atoms with van der Waals surface area (Å²) < 4.78 is 15.4. The van der Waals surface area contributed by atoms with Gasteiger partial charge in [-0.15, -0.1) is 0 Å². The Morgan fingerprint density at radius 2 is 2.00 bits per heavy atom. The molecule has 90 valence electrons. The molecule has 0 bridgehead atoms. The van der Waals surface area contributed by atoms with E-state index < -0.39 is 0 Å². The van der Waals surface area contributed by atoms with E-state index in [1.807, 2.05) is 16.8 Å². The summed E-state index contributed by atoms with van der Waals surface area (Å²) in [5.74, 6) is 0.342. The second-order valence-corrected chi connectivity index (χ2v) is 4.51. The SMILES string of the molecule is Fc1ccc(Nc2nc(Br)cn3ccnc23)cc1. The van der Waals surface area contributed by atoms with Gasteiger partial charge in [0, 0.05) is 24.3 Å². The minimum atomic E-state index is -0.270. The Hall–Kier alpha value is -1.95. The Bertz CT molecular complexity index is 693. The molecule has 3 aromatic rings. The van der Waals surface area contributed by atoms with E-state index in [-0.39, 0.29) is 5.82 Å². The fourth-order valence-electron chi connectivity index (χ4n) is 1.65. The lowest BCUT2D eigenvalue weighted by molar-refractivity contribution is 0.628. The second kappa shape index (κ2) is 4.38. The molecule has 0 aliphatic heterocycles. The van der Waals surface area contributed by atoms with Crippen LogP contribution in [0.2, 0.25) is 0 Å². The highest BCUT2D eigenvalue weighted by Gasteiger charge is 2.06. The van der Waals surface area contributed by atoms with E-state index in [1.165, 1.54) is 12.1 Å². The lowest BCUT2D eigenvalue weighted by atomic mass is 10.3. The first-order valence-electron chi connectivity index (χ1n) is 5.24. The van der Waals surface area contributed by atoms with E-state index in [9.17, 15) is 4.39 Å². The summed E-state index contributed by atoms with van der Waals surface area (Å²) in [5, 5.41) is 3.11. The number of aromatic nitrogens is 3. The lowest BCUT2D eigenvalue weighted by Crippen LogP contribution is -1.98. The van der Waals surface area contributed by atoms with Crippen LogP contribution >= 0.6 is 15.9 Å². The van der Waals surface area contributed by atoms with Gasteiger partial charge in [0.25, 0.3) is 0 Å². The van der Waals surface area contributed by atoms with Crippen LogP contribution in [0.15, 0.2) is 47.5 Å². The van der Waals surface area contributed by atoms with Crippen molar-refractivity contribution in [1.82, 2.24) is 14.4 Å². The van der Waals surface area contributed by atoms with Gasteiger partial charge in [-0.3, -0.25) is 0 Å².